The molecule has 0 saturated carbocycles. The van der Waals surface area contributed by atoms with Crippen LogP contribution >= 0.6 is 11.3 Å². The summed E-state index contributed by atoms with van der Waals surface area (Å²) in [6.07, 6.45) is 4.18. The molecule has 6 nitrogen and oxygen atoms in total. The number of nitrogens with one attached hydrogen (secondary N) is 3. The van der Waals surface area contributed by atoms with Gasteiger partial charge in [-0.15, -0.1) is 11.3 Å². The lowest BCUT2D eigenvalue weighted by molar-refractivity contribution is 0.460. The fraction of sp³-hybridized carbons (Fsp3) is 0.261. The number of H-pyrrole nitrogens is 2. The number of aromatic amines is 2. The van der Waals surface area contributed by atoms with Gasteiger partial charge in [0.05, 0.1) is 11.0 Å². The number of benzene rings is 1. The van der Waals surface area contributed by atoms with E-state index in [1.807, 2.05) is 12.3 Å². The summed E-state index contributed by atoms with van der Waals surface area (Å²) < 4.78 is 0. The van der Waals surface area contributed by atoms with Crippen molar-refractivity contribution in [2.75, 3.05) is 13.1 Å². The first-order valence-electron chi connectivity index (χ1n) is 10.4. The van der Waals surface area contributed by atoms with Crippen molar-refractivity contribution in [2.24, 2.45) is 0 Å². The van der Waals surface area contributed by atoms with E-state index >= 15 is 0 Å². The zero-order valence-electron chi connectivity index (χ0n) is 16.7. The van der Waals surface area contributed by atoms with Crippen molar-refractivity contribution in [1.29, 1.82) is 0 Å². The molecule has 1 aromatic carbocycles. The van der Waals surface area contributed by atoms with Gasteiger partial charge in [0.2, 0.25) is 0 Å². The van der Waals surface area contributed by atoms with Gasteiger partial charge < -0.3 is 10.3 Å². The summed E-state index contributed by atoms with van der Waals surface area (Å²) in [6.45, 7) is 4.29. The number of hydrogen-bond acceptors (Lipinski definition) is 5. The van der Waals surface area contributed by atoms with E-state index in [1.165, 1.54) is 28.2 Å². The lowest BCUT2D eigenvalue weighted by atomic mass is 9.89. The molecule has 1 fully saturated rings. The number of aryl methyl sites for hydroxylation is 1. The second-order valence-corrected chi connectivity index (χ2v) is 9.24. The third kappa shape index (κ3) is 2.93. The molecule has 1 aliphatic heterocycles. The highest BCUT2D eigenvalue weighted by Gasteiger charge is 2.19. The minimum atomic E-state index is 0.601. The van der Waals surface area contributed by atoms with Crippen LogP contribution in [-0.2, 0) is 0 Å². The van der Waals surface area contributed by atoms with Crippen molar-refractivity contribution in [3.8, 4) is 22.0 Å². The second kappa shape index (κ2) is 7.04. The average Bonchev–Trinajstić information content (AvgIpc) is 3.51. The normalized spacial score (nSPS) is 15.4. The van der Waals surface area contributed by atoms with Crippen molar-refractivity contribution in [3.05, 3.63) is 53.0 Å². The molecule has 0 spiro atoms. The number of pyridine rings is 1. The first kappa shape index (κ1) is 17.8. The van der Waals surface area contributed by atoms with Gasteiger partial charge in [0.1, 0.15) is 5.69 Å². The number of fused-ring (bicyclic) bond motifs is 2. The first-order valence-corrected chi connectivity index (χ1v) is 11.2. The number of piperidine rings is 1. The highest BCUT2D eigenvalue weighted by atomic mass is 32.1. The monoisotopic (exact) mass is 414 g/mol. The fourth-order valence-corrected chi connectivity index (χ4v) is 5.33. The predicted octanol–water partition coefficient (Wildman–Crippen LogP) is 5.01. The molecule has 1 saturated heterocycles. The van der Waals surface area contributed by atoms with Gasteiger partial charge in [-0.1, -0.05) is 6.07 Å². The smallest absolute Gasteiger partial charge is 0.178 e. The molecule has 0 amide bonds. The van der Waals surface area contributed by atoms with Gasteiger partial charge in [0.15, 0.2) is 11.5 Å². The van der Waals surface area contributed by atoms with Crippen LogP contribution in [0.3, 0.4) is 0 Å². The van der Waals surface area contributed by atoms with E-state index in [1.54, 1.807) is 11.3 Å². The Morgan fingerprint density at radius 2 is 1.97 bits per heavy atom. The predicted molar refractivity (Wildman–Crippen MR) is 122 cm³/mol. The van der Waals surface area contributed by atoms with Crippen LogP contribution in [0.2, 0.25) is 0 Å². The number of aromatic nitrogens is 5. The van der Waals surface area contributed by atoms with Crippen LogP contribution in [-0.4, -0.2) is 38.2 Å². The van der Waals surface area contributed by atoms with Crippen LogP contribution in [0.1, 0.15) is 29.2 Å². The highest BCUT2D eigenvalue weighted by Crippen LogP contribution is 2.35. The zero-order chi connectivity index (χ0) is 20.1. The Morgan fingerprint density at radius 3 is 2.80 bits per heavy atom. The summed E-state index contributed by atoms with van der Waals surface area (Å²) in [5, 5.41) is 12.3. The summed E-state index contributed by atoms with van der Waals surface area (Å²) in [7, 11) is 0. The summed E-state index contributed by atoms with van der Waals surface area (Å²) >= 11 is 1.78. The van der Waals surface area contributed by atoms with Crippen molar-refractivity contribution in [2.45, 2.75) is 25.7 Å². The molecule has 5 aromatic rings. The van der Waals surface area contributed by atoms with E-state index < -0.39 is 0 Å². The van der Waals surface area contributed by atoms with Gasteiger partial charge in [-0.25, -0.2) is 9.97 Å². The molecule has 0 atom stereocenters. The number of imidazole rings is 1. The Labute approximate surface area is 177 Å². The van der Waals surface area contributed by atoms with Gasteiger partial charge in [0.25, 0.3) is 0 Å². The van der Waals surface area contributed by atoms with E-state index in [2.05, 4.69) is 62.7 Å². The van der Waals surface area contributed by atoms with Gasteiger partial charge >= 0.3 is 0 Å². The molecule has 1 aliphatic rings. The van der Waals surface area contributed by atoms with Crippen LogP contribution in [0, 0.1) is 6.92 Å². The lowest BCUT2D eigenvalue weighted by Crippen LogP contribution is -2.26. The molecule has 7 heteroatoms. The Kier molecular flexibility index (Phi) is 4.17. The largest absolute Gasteiger partial charge is 0.335 e. The zero-order valence-corrected chi connectivity index (χ0v) is 17.5. The van der Waals surface area contributed by atoms with E-state index in [0.717, 1.165) is 52.2 Å². The topological polar surface area (TPSA) is 82.3 Å². The van der Waals surface area contributed by atoms with Crippen LogP contribution in [0.5, 0.6) is 0 Å². The van der Waals surface area contributed by atoms with E-state index in [4.69, 9.17) is 4.98 Å². The van der Waals surface area contributed by atoms with Gasteiger partial charge in [-0.05, 0) is 74.7 Å². The molecule has 6 rings (SSSR count). The fourth-order valence-electron chi connectivity index (χ4n) is 4.43. The number of rotatable bonds is 3. The number of hydrogen-bond donors (Lipinski definition) is 3. The molecular weight excluding hydrogens is 392 g/mol. The molecule has 0 aliphatic carbocycles. The third-order valence-electron chi connectivity index (χ3n) is 6.02. The van der Waals surface area contributed by atoms with Gasteiger partial charge in [-0.3, -0.25) is 5.10 Å². The van der Waals surface area contributed by atoms with Crippen molar-refractivity contribution >= 4 is 33.4 Å². The number of nitrogens with zero attached hydrogens (tertiary/aromatic N) is 3. The quantitative estimate of drug-likeness (QED) is 0.388. The molecule has 150 valence electrons. The maximum absolute atomic E-state index is 4.79. The van der Waals surface area contributed by atoms with Crippen molar-refractivity contribution < 1.29 is 0 Å². The SMILES string of the molecule is Cc1ccc(-c2ccnc3nc(-c4n[nH]c5ccc(C6CCNCC6)cc45)[nH]c23)s1. The second-order valence-electron chi connectivity index (χ2n) is 7.95. The van der Waals surface area contributed by atoms with Gasteiger partial charge in [-0.2, -0.15) is 5.10 Å². The Hall–Kier alpha value is -3.03. The summed E-state index contributed by atoms with van der Waals surface area (Å²) in [6, 6.07) is 13.0. The molecule has 5 heterocycles. The molecule has 0 unspecified atom stereocenters. The summed E-state index contributed by atoms with van der Waals surface area (Å²) in [4.78, 5) is 15.3. The lowest BCUT2D eigenvalue weighted by Gasteiger charge is -2.23. The van der Waals surface area contributed by atoms with Crippen LogP contribution < -0.4 is 5.32 Å². The molecule has 4 aromatic heterocycles. The number of thiophene rings is 1. The van der Waals surface area contributed by atoms with Crippen molar-refractivity contribution in [1.82, 2.24) is 30.5 Å². The standard InChI is InChI=1S/C23H22N6S/c1-13-2-5-19(30-13)16-8-11-25-22-20(16)26-23(27-22)21-17-12-15(3-4-18(17)28-29-21)14-6-9-24-10-7-14/h2-5,8,11-12,14,24H,6-7,9-10H2,1H3,(H,28,29)(H,25,26,27). The molecule has 0 radical (unpaired) electrons. The van der Waals surface area contributed by atoms with Crippen LogP contribution in [0.25, 0.3) is 44.0 Å². The molecule has 3 N–H and O–H groups in total. The van der Waals surface area contributed by atoms with Crippen LogP contribution in [0.4, 0.5) is 0 Å². The Balaban J connectivity index is 1.47. The summed E-state index contributed by atoms with van der Waals surface area (Å²) in [5.74, 6) is 1.36. The Morgan fingerprint density at radius 1 is 1.07 bits per heavy atom. The third-order valence-corrected chi connectivity index (χ3v) is 7.05. The maximum Gasteiger partial charge on any atom is 0.178 e. The van der Waals surface area contributed by atoms with Crippen LogP contribution in [0.15, 0.2) is 42.6 Å². The molecular formula is C23H22N6S. The molecule has 0 bridgehead atoms. The van der Waals surface area contributed by atoms with E-state index in [-0.39, 0.29) is 0 Å². The summed E-state index contributed by atoms with van der Waals surface area (Å²) in [5.41, 5.74) is 6.08. The first-order chi connectivity index (χ1) is 14.8. The highest BCUT2D eigenvalue weighted by molar-refractivity contribution is 7.15. The minimum absolute atomic E-state index is 0.601. The van der Waals surface area contributed by atoms with Gasteiger partial charge in [0, 0.05) is 26.9 Å². The Bertz CT molecular complexity index is 1350. The van der Waals surface area contributed by atoms with E-state index in [0.29, 0.717) is 5.92 Å². The van der Waals surface area contributed by atoms with E-state index in [9.17, 15) is 0 Å². The minimum Gasteiger partial charge on any atom is -0.335 e. The maximum atomic E-state index is 4.79. The molecule has 30 heavy (non-hydrogen) atoms. The van der Waals surface area contributed by atoms with Crippen molar-refractivity contribution in [3.63, 3.8) is 0 Å². The average molecular weight is 415 g/mol.